The zero-order chi connectivity index (χ0) is 13.2. The summed E-state index contributed by atoms with van der Waals surface area (Å²) in [6.07, 6.45) is 3.66. The normalized spacial score (nSPS) is 10.6. The topological polar surface area (TPSA) is 35.0 Å². The Morgan fingerprint density at radius 1 is 1.11 bits per heavy atom. The van der Waals surface area contributed by atoms with Gasteiger partial charge in [0, 0.05) is 29.4 Å². The molecule has 3 rings (SSSR count). The third-order valence-electron chi connectivity index (χ3n) is 3.19. The first-order chi connectivity index (χ1) is 9.28. The average molecular weight is 250 g/mol. The maximum absolute atomic E-state index is 5.16. The van der Waals surface area contributed by atoms with Crippen molar-refractivity contribution in [3.8, 4) is 17.0 Å². The Bertz CT molecular complexity index is 723. The zero-order valence-electron chi connectivity index (χ0n) is 10.9. The standard InChI is InChI=1S/C16H14N2O/c1-11-8-15-12(5-6-16(18-15)19-2)9-14(11)13-4-3-7-17-10-13/h3-10H,1-2H3. The smallest absolute Gasteiger partial charge is 0.213 e. The molecule has 0 saturated carbocycles. The van der Waals surface area contributed by atoms with E-state index < -0.39 is 0 Å². The fourth-order valence-corrected chi connectivity index (χ4v) is 2.20. The van der Waals surface area contributed by atoms with E-state index in [-0.39, 0.29) is 0 Å². The third-order valence-corrected chi connectivity index (χ3v) is 3.19. The molecule has 3 heteroatoms. The van der Waals surface area contributed by atoms with Crippen molar-refractivity contribution in [1.82, 2.24) is 9.97 Å². The van der Waals surface area contributed by atoms with Crippen molar-refractivity contribution in [1.29, 1.82) is 0 Å². The van der Waals surface area contributed by atoms with Gasteiger partial charge in [0.2, 0.25) is 5.88 Å². The van der Waals surface area contributed by atoms with Crippen LogP contribution >= 0.6 is 0 Å². The molecule has 1 aromatic carbocycles. The predicted molar refractivity (Wildman–Crippen MR) is 76.3 cm³/mol. The van der Waals surface area contributed by atoms with E-state index in [1.165, 1.54) is 11.1 Å². The Morgan fingerprint density at radius 3 is 2.74 bits per heavy atom. The molecule has 0 bridgehead atoms. The summed E-state index contributed by atoms with van der Waals surface area (Å²) in [5.74, 6) is 0.640. The van der Waals surface area contributed by atoms with Gasteiger partial charge in [0.25, 0.3) is 0 Å². The fourth-order valence-electron chi connectivity index (χ4n) is 2.20. The van der Waals surface area contributed by atoms with Gasteiger partial charge in [-0.3, -0.25) is 4.98 Å². The minimum atomic E-state index is 0.640. The lowest BCUT2D eigenvalue weighted by molar-refractivity contribution is 0.399. The number of aromatic nitrogens is 2. The summed E-state index contributed by atoms with van der Waals surface area (Å²) < 4.78 is 5.16. The summed E-state index contributed by atoms with van der Waals surface area (Å²) in [4.78, 5) is 8.63. The number of ether oxygens (including phenoxy) is 1. The first kappa shape index (κ1) is 11.7. The average Bonchev–Trinajstić information content (AvgIpc) is 2.47. The van der Waals surface area contributed by atoms with Crippen molar-refractivity contribution >= 4 is 10.9 Å². The number of hydrogen-bond donors (Lipinski definition) is 0. The molecule has 0 saturated heterocycles. The molecule has 0 radical (unpaired) electrons. The van der Waals surface area contributed by atoms with Gasteiger partial charge in [-0.05, 0) is 42.3 Å². The second-order valence-corrected chi connectivity index (χ2v) is 4.46. The molecule has 3 aromatic rings. The second kappa shape index (κ2) is 4.69. The predicted octanol–water partition coefficient (Wildman–Crippen LogP) is 3.61. The summed E-state index contributed by atoms with van der Waals surface area (Å²) in [5.41, 5.74) is 4.44. The van der Waals surface area contributed by atoms with Gasteiger partial charge < -0.3 is 4.74 Å². The van der Waals surface area contributed by atoms with E-state index >= 15 is 0 Å². The van der Waals surface area contributed by atoms with Crippen molar-refractivity contribution in [3.05, 3.63) is 54.4 Å². The molecular formula is C16H14N2O. The van der Waals surface area contributed by atoms with Crippen LogP contribution in [0.4, 0.5) is 0 Å². The number of methoxy groups -OCH3 is 1. The molecule has 0 N–H and O–H groups in total. The molecule has 0 atom stereocenters. The zero-order valence-corrected chi connectivity index (χ0v) is 10.9. The fraction of sp³-hybridized carbons (Fsp3) is 0.125. The Hall–Kier alpha value is -2.42. The van der Waals surface area contributed by atoms with Crippen LogP contribution < -0.4 is 4.74 Å². The largest absolute Gasteiger partial charge is 0.481 e. The van der Waals surface area contributed by atoms with Crippen LogP contribution in [0.1, 0.15) is 5.56 Å². The van der Waals surface area contributed by atoms with Crippen molar-refractivity contribution < 1.29 is 4.74 Å². The highest BCUT2D eigenvalue weighted by Gasteiger charge is 2.06. The van der Waals surface area contributed by atoms with Crippen LogP contribution in [-0.4, -0.2) is 17.1 Å². The third kappa shape index (κ3) is 2.15. The maximum Gasteiger partial charge on any atom is 0.213 e. The van der Waals surface area contributed by atoms with Crippen LogP contribution in [0.15, 0.2) is 48.8 Å². The van der Waals surface area contributed by atoms with E-state index in [9.17, 15) is 0 Å². The van der Waals surface area contributed by atoms with Gasteiger partial charge >= 0.3 is 0 Å². The Kier molecular flexibility index (Phi) is 2.88. The van der Waals surface area contributed by atoms with Gasteiger partial charge in [-0.2, -0.15) is 0 Å². The lowest BCUT2D eigenvalue weighted by Gasteiger charge is -2.08. The van der Waals surface area contributed by atoms with E-state index in [4.69, 9.17) is 4.74 Å². The number of rotatable bonds is 2. The van der Waals surface area contributed by atoms with Gasteiger partial charge in [0.05, 0.1) is 12.6 Å². The van der Waals surface area contributed by atoms with E-state index in [0.717, 1.165) is 16.5 Å². The monoisotopic (exact) mass is 250 g/mol. The molecule has 0 aliphatic rings. The summed E-state index contributed by atoms with van der Waals surface area (Å²) in [7, 11) is 1.63. The SMILES string of the molecule is COc1ccc2cc(-c3cccnc3)c(C)cc2n1. The number of benzene rings is 1. The molecule has 0 fully saturated rings. The van der Waals surface area contributed by atoms with Crippen LogP contribution in [0.2, 0.25) is 0 Å². The molecule has 2 aromatic heterocycles. The molecule has 94 valence electrons. The van der Waals surface area contributed by atoms with E-state index in [2.05, 4.69) is 35.1 Å². The number of pyridine rings is 2. The summed E-state index contributed by atoms with van der Waals surface area (Å²) >= 11 is 0. The Labute approximate surface area is 111 Å². The lowest BCUT2D eigenvalue weighted by atomic mass is 9.99. The van der Waals surface area contributed by atoms with Crippen LogP contribution in [0.3, 0.4) is 0 Å². The van der Waals surface area contributed by atoms with Crippen molar-refractivity contribution in [2.75, 3.05) is 7.11 Å². The molecule has 0 amide bonds. The van der Waals surface area contributed by atoms with E-state index in [1.54, 1.807) is 13.3 Å². The first-order valence-corrected chi connectivity index (χ1v) is 6.14. The molecule has 0 spiro atoms. The molecule has 19 heavy (non-hydrogen) atoms. The molecule has 2 heterocycles. The maximum atomic E-state index is 5.16. The van der Waals surface area contributed by atoms with Gasteiger partial charge in [0.1, 0.15) is 0 Å². The highest BCUT2D eigenvalue weighted by atomic mass is 16.5. The van der Waals surface area contributed by atoms with Gasteiger partial charge in [0.15, 0.2) is 0 Å². The Balaban J connectivity index is 2.20. The number of fused-ring (bicyclic) bond motifs is 1. The van der Waals surface area contributed by atoms with Crippen LogP contribution in [0.5, 0.6) is 5.88 Å². The van der Waals surface area contributed by atoms with Gasteiger partial charge in [-0.1, -0.05) is 6.07 Å². The second-order valence-electron chi connectivity index (χ2n) is 4.46. The lowest BCUT2D eigenvalue weighted by Crippen LogP contribution is -1.90. The van der Waals surface area contributed by atoms with Crippen molar-refractivity contribution in [2.45, 2.75) is 6.92 Å². The quantitative estimate of drug-likeness (QED) is 0.696. The summed E-state index contributed by atoms with van der Waals surface area (Å²) in [6, 6.07) is 12.2. The van der Waals surface area contributed by atoms with Crippen molar-refractivity contribution in [2.24, 2.45) is 0 Å². The minimum Gasteiger partial charge on any atom is -0.481 e. The number of hydrogen-bond acceptors (Lipinski definition) is 3. The van der Waals surface area contributed by atoms with Gasteiger partial charge in [-0.25, -0.2) is 4.98 Å². The van der Waals surface area contributed by atoms with E-state index in [0.29, 0.717) is 5.88 Å². The first-order valence-electron chi connectivity index (χ1n) is 6.14. The van der Waals surface area contributed by atoms with Crippen molar-refractivity contribution in [3.63, 3.8) is 0 Å². The minimum absolute atomic E-state index is 0.640. The summed E-state index contributed by atoms with van der Waals surface area (Å²) in [5, 5.41) is 1.10. The van der Waals surface area contributed by atoms with Crippen LogP contribution in [-0.2, 0) is 0 Å². The highest BCUT2D eigenvalue weighted by Crippen LogP contribution is 2.28. The summed E-state index contributed by atoms with van der Waals surface area (Å²) in [6.45, 7) is 2.09. The molecule has 0 unspecified atom stereocenters. The Morgan fingerprint density at radius 2 is 2.00 bits per heavy atom. The molecule has 0 aliphatic carbocycles. The van der Waals surface area contributed by atoms with E-state index in [1.807, 2.05) is 24.4 Å². The molecule has 0 aliphatic heterocycles. The number of nitrogens with zero attached hydrogens (tertiary/aromatic N) is 2. The van der Waals surface area contributed by atoms with Gasteiger partial charge in [-0.15, -0.1) is 0 Å². The molecular weight excluding hydrogens is 236 g/mol. The van der Waals surface area contributed by atoms with Crippen LogP contribution in [0, 0.1) is 6.92 Å². The highest BCUT2D eigenvalue weighted by molar-refractivity contribution is 5.86. The molecule has 3 nitrogen and oxygen atoms in total. The number of aryl methyl sites for hydroxylation is 1. The van der Waals surface area contributed by atoms with Crippen LogP contribution in [0.25, 0.3) is 22.0 Å².